The predicted molar refractivity (Wildman–Crippen MR) is 82.3 cm³/mol. The summed E-state index contributed by atoms with van der Waals surface area (Å²) in [6.45, 7) is 1.88. The first-order chi connectivity index (χ1) is 9.97. The minimum absolute atomic E-state index is 0.0318. The monoisotopic (exact) mass is 324 g/mol. The maximum Gasteiger partial charge on any atom is 0.178 e. The number of benzene rings is 2. The first-order valence-corrected chi connectivity index (χ1v) is 7.10. The molecule has 0 fully saturated rings. The third-order valence-electron chi connectivity index (χ3n) is 3.48. The summed E-state index contributed by atoms with van der Waals surface area (Å²) in [4.78, 5) is 2.99. The van der Waals surface area contributed by atoms with Crippen molar-refractivity contribution in [3.63, 3.8) is 0 Å². The van der Waals surface area contributed by atoms with Gasteiger partial charge in [0.05, 0.1) is 22.1 Å². The number of hydrogen-bond acceptors (Lipinski definition) is 1. The zero-order valence-electron chi connectivity index (χ0n) is 11.0. The molecule has 21 heavy (non-hydrogen) atoms. The molecule has 108 valence electrons. The molecule has 3 rings (SSSR count). The molecule has 1 unspecified atom stereocenters. The van der Waals surface area contributed by atoms with Crippen LogP contribution < -0.4 is 0 Å². The molecule has 1 aromatic heterocycles. The van der Waals surface area contributed by atoms with Crippen molar-refractivity contribution in [1.82, 2.24) is 9.55 Å². The molecule has 0 aliphatic heterocycles. The fraction of sp³-hybridized carbons (Fsp3) is 0.133. The Bertz CT molecular complexity index is 885. The number of aromatic amines is 1. The molecule has 1 atom stereocenters. The van der Waals surface area contributed by atoms with Gasteiger partial charge < -0.3 is 9.55 Å². The van der Waals surface area contributed by atoms with E-state index in [9.17, 15) is 8.78 Å². The van der Waals surface area contributed by atoms with Crippen LogP contribution in [0.5, 0.6) is 0 Å². The van der Waals surface area contributed by atoms with Gasteiger partial charge in [0.1, 0.15) is 11.6 Å². The first kappa shape index (κ1) is 14.2. The highest BCUT2D eigenvalue weighted by Gasteiger charge is 2.15. The van der Waals surface area contributed by atoms with Crippen molar-refractivity contribution in [3.8, 4) is 0 Å². The Labute approximate surface area is 130 Å². The Morgan fingerprint density at radius 1 is 1.24 bits per heavy atom. The molecule has 1 heterocycles. The van der Waals surface area contributed by atoms with Crippen molar-refractivity contribution in [1.29, 1.82) is 0 Å². The van der Waals surface area contributed by atoms with Gasteiger partial charge in [-0.15, -0.1) is 0 Å². The van der Waals surface area contributed by atoms with E-state index in [2.05, 4.69) is 4.98 Å². The molecule has 1 N–H and O–H groups in total. The van der Waals surface area contributed by atoms with E-state index in [1.807, 2.05) is 6.92 Å². The molecule has 2 nitrogen and oxygen atoms in total. The van der Waals surface area contributed by atoms with Crippen molar-refractivity contribution in [2.45, 2.75) is 13.0 Å². The van der Waals surface area contributed by atoms with Crippen LogP contribution in [0.15, 0.2) is 36.4 Å². The zero-order valence-corrected chi connectivity index (χ0v) is 12.6. The van der Waals surface area contributed by atoms with Crippen molar-refractivity contribution in [3.05, 3.63) is 63.4 Å². The fourth-order valence-corrected chi connectivity index (χ4v) is 2.95. The lowest BCUT2D eigenvalue weighted by molar-refractivity contribution is 0.605. The minimum atomic E-state index is -0.515. The number of rotatable bonds is 2. The first-order valence-electron chi connectivity index (χ1n) is 6.32. The molecule has 2 aromatic carbocycles. The maximum absolute atomic E-state index is 13.7. The van der Waals surface area contributed by atoms with Gasteiger partial charge in [-0.3, -0.25) is 0 Å². The van der Waals surface area contributed by atoms with Crippen molar-refractivity contribution >= 4 is 34.9 Å². The van der Waals surface area contributed by atoms with Crippen LogP contribution >= 0.6 is 23.8 Å². The lowest BCUT2D eigenvalue weighted by Crippen LogP contribution is -2.07. The molecular weight excluding hydrogens is 314 g/mol. The van der Waals surface area contributed by atoms with E-state index >= 15 is 0 Å². The summed E-state index contributed by atoms with van der Waals surface area (Å²) in [5, 5.41) is 0.0318. The largest absolute Gasteiger partial charge is 0.331 e. The fourth-order valence-electron chi connectivity index (χ4n) is 2.42. The summed E-state index contributed by atoms with van der Waals surface area (Å²) in [6.07, 6.45) is 0. The molecule has 6 heteroatoms. The van der Waals surface area contributed by atoms with E-state index in [4.69, 9.17) is 23.8 Å². The quantitative estimate of drug-likeness (QED) is 0.639. The van der Waals surface area contributed by atoms with Crippen molar-refractivity contribution < 1.29 is 8.78 Å². The summed E-state index contributed by atoms with van der Waals surface area (Å²) in [5.74, 6) is -0.835. The summed E-state index contributed by atoms with van der Waals surface area (Å²) >= 11 is 11.1. The van der Waals surface area contributed by atoms with Crippen LogP contribution in [0.4, 0.5) is 8.78 Å². The summed E-state index contributed by atoms with van der Waals surface area (Å²) in [6, 6.07) is 8.86. The smallest absolute Gasteiger partial charge is 0.178 e. The molecule has 0 aliphatic rings. The third-order valence-corrected chi connectivity index (χ3v) is 4.07. The Morgan fingerprint density at radius 2 is 2.00 bits per heavy atom. The Balaban J connectivity index is 2.22. The molecule has 0 aliphatic carbocycles. The third kappa shape index (κ3) is 2.47. The van der Waals surface area contributed by atoms with Gasteiger partial charge in [-0.1, -0.05) is 23.7 Å². The highest BCUT2D eigenvalue weighted by Crippen LogP contribution is 2.28. The van der Waals surface area contributed by atoms with Crippen molar-refractivity contribution in [2.75, 3.05) is 0 Å². The van der Waals surface area contributed by atoms with E-state index < -0.39 is 5.82 Å². The van der Waals surface area contributed by atoms with Crippen LogP contribution in [0, 0.1) is 16.4 Å². The minimum Gasteiger partial charge on any atom is -0.331 e. The molecule has 0 saturated heterocycles. The Hall–Kier alpha value is -1.72. The normalized spacial score (nSPS) is 12.8. The highest BCUT2D eigenvalue weighted by atomic mass is 35.5. The van der Waals surface area contributed by atoms with Gasteiger partial charge in [0.25, 0.3) is 0 Å². The number of nitrogens with one attached hydrogen (secondary N) is 1. The number of imidazole rings is 1. The second-order valence-electron chi connectivity index (χ2n) is 4.81. The zero-order chi connectivity index (χ0) is 15.1. The van der Waals surface area contributed by atoms with Gasteiger partial charge in [0.2, 0.25) is 0 Å². The summed E-state index contributed by atoms with van der Waals surface area (Å²) < 4.78 is 29.3. The van der Waals surface area contributed by atoms with Gasteiger partial charge in [0.15, 0.2) is 4.77 Å². The Kier molecular flexibility index (Phi) is 3.55. The van der Waals surface area contributed by atoms with Crippen LogP contribution in [0.1, 0.15) is 18.5 Å². The number of hydrogen-bond donors (Lipinski definition) is 1. The van der Waals surface area contributed by atoms with Crippen LogP contribution in [-0.4, -0.2) is 9.55 Å². The number of halogens is 3. The molecule has 3 aromatic rings. The standard InChI is InChI=1S/C15H11ClF2N2S/c1-8(9-3-2-4-10(17)5-9)20-14-7-12(18)11(16)6-13(14)19-15(20)21/h2-8H,1H3,(H,19,21). The maximum atomic E-state index is 13.7. The second-order valence-corrected chi connectivity index (χ2v) is 5.61. The average Bonchev–Trinajstić information content (AvgIpc) is 2.74. The van der Waals surface area contributed by atoms with Gasteiger partial charge >= 0.3 is 0 Å². The molecule has 0 amide bonds. The molecule has 0 radical (unpaired) electrons. The van der Waals surface area contributed by atoms with E-state index in [1.165, 1.54) is 24.3 Å². The van der Waals surface area contributed by atoms with Gasteiger partial charge in [0, 0.05) is 6.07 Å². The van der Waals surface area contributed by atoms with Crippen LogP contribution in [0.25, 0.3) is 11.0 Å². The molecular formula is C15H11ClF2N2S. The second kappa shape index (κ2) is 5.24. The molecule has 0 saturated carbocycles. The van der Waals surface area contributed by atoms with Gasteiger partial charge in [-0.05, 0) is 42.9 Å². The van der Waals surface area contributed by atoms with E-state index in [1.54, 1.807) is 16.7 Å². The SMILES string of the molecule is CC(c1cccc(F)c1)n1c(=S)[nH]c2cc(Cl)c(F)cc21. The summed E-state index contributed by atoms with van der Waals surface area (Å²) in [5.41, 5.74) is 2.00. The van der Waals surface area contributed by atoms with Crippen molar-refractivity contribution in [2.24, 2.45) is 0 Å². The van der Waals surface area contributed by atoms with E-state index in [0.29, 0.717) is 15.8 Å². The average molecular weight is 325 g/mol. The number of fused-ring (bicyclic) bond motifs is 1. The highest BCUT2D eigenvalue weighted by molar-refractivity contribution is 7.71. The number of H-pyrrole nitrogens is 1. The molecule has 0 spiro atoms. The lowest BCUT2D eigenvalue weighted by atomic mass is 10.1. The predicted octanol–water partition coefficient (Wildman–Crippen LogP) is 5.24. The lowest BCUT2D eigenvalue weighted by Gasteiger charge is -2.15. The van der Waals surface area contributed by atoms with Gasteiger partial charge in [-0.25, -0.2) is 8.78 Å². The number of nitrogens with zero attached hydrogens (tertiary/aromatic N) is 1. The molecule has 0 bridgehead atoms. The van der Waals surface area contributed by atoms with E-state index in [-0.39, 0.29) is 16.9 Å². The summed E-state index contributed by atoms with van der Waals surface area (Å²) in [7, 11) is 0. The van der Waals surface area contributed by atoms with Gasteiger partial charge in [-0.2, -0.15) is 0 Å². The topological polar surface area (TPSA) is 20.7 Å². The van der Waals surface area contributed by atoms with Crippen LogP contribution in [0.3, 0.4) is 0 Å². The van der Waals surface area contributed by atoms with Crippen LogP contribution in [0.2, 0.25) is 5.02 Å². The number of aromatic nitrogens is 2. The Morgan fingerprint density at radius 3 is 2.71 bits per heavy atom. The van der Waals surface area contributed by atoms with Crippen LogP contribution in [-0.2, 0) is 0 Å². The van der Waals surface area contributed by atoms with E-state index in [0.717, 1.165) is 5.56 Å².